The van der Waals surface area contributed by atoms with E-state index in [1.165, 1.54) is 5.57 Å². The second-order valence-electron chi connectivity index (χ2n) is 6.41. The van der Waals surface area contributed by atoms with E-state index < -0.39 is 5.97 Å². The number of amidine groups is 1. The van der Waals surface area contributed by atoms with E-state index in [4.69, 9.17) is 21.1 Å². The van der Waals surface area contributed by atoms with Gasteiger partial charge in [-0.05, 0) is 12.0 Å². The number of carboxylic acids is 1. The van der Waals surface area contributed by atoms with Crippen molar-refractivity contribution in [1.29, 1.82) is 5.41 Å². The van der Waals surface area contributed by atoms with Gasteiger partial charge in [0.15, 0.2) is 0 Å². The van der Waals surface area contributed by atoms with E-state index in [2.05, 4.69) is 11.2 Å². The maximum atomic E-state index is 10.7. The zero-order valence-electron chi connectivity index (χ0n) is 13.9. The van der Waals surface area contributed by atoms with Crippen LogP contribution in [0.4, 0.5) is 0 Å². The maximum absolute atomic E-state index is 10.7. The number of aliphatic carboxylic acids is 1. The third-order valence-corrected chi connectivity index (χ3v) is 4.50. The summed E-state index contributed by atoms with van der Waals surface area (Å²) < 4.78 is 0. The summed E-state index contributed by atoms with van der Waals surface area (Å²) in [6, 6.07) is 7.44. The van der Waals surface area contributed by atoms with Crippen LogP contribution in [0.3, 0.4) is 0 Å². The molecule has 2 aliphatic rings. The van der Waals surface area contributed by atoms with Gasteiger partial charge >= 0.3 is 5.97 Å². The number of nitrogens with zero attached hydrogens (tertiary/aromatic N) is 2. The zero-order chi connectivity index (χ0) is 17.8. The predicted octanol–water partition coefficient (Wildman–Crippen LogP) is 1.57. The van der Waals surface area contributed by atoms with E-state index in [1.54, 1.807) is 0 Å². The summed E-state index contributed by atoms with van der Waals surface area (Å²) in [7, 11) is 0. The number of benzene rings is 1. The number of nitrogen functional groups attached to an aromatic ring is 1. The lowest BCUT2D eigenvalue weighted by Gasteiger charge is -2.25. The Morgan fingerprint density at radius 2 is 2.16 bits per heavy atom. The molecule has 0 saturated heterocycles. The van der Waals surface area contributed by atoms with Crippen molar-refractivity contribution in [3.05, 3.63) is 47.0 Å². The predicted molar refractivity (Wildman–Crippen MR) is 94.9 cm³/mol. The topological polar surface area (TPSA) is 112 Å². The van der Waals surface area contributed by atoms with Gasteiger partial charge in [-0.25, -0.2) is 0 Å². The van der Waals surface area contributed by atoms with Crippen LogP contribution in [-0.2, 0) is 9.63 Å². The van der Waals surface area contributed by atoms with Crippen LogP contribution in [-0.4, -0.2) is 53.3 Å². The quantitative estimate of drug-likeness (QED) is 0.413. The van der Waals surface area contributed by atoms with Crippen molar-refractivity contribution in [2.45, 2.75) is 25.4 Å². The third kappa shape index (κ3) is 4.45. The van der Waals surface area contributed by atoms with Crippen molar-refractivity contribution in [1.82, 2.24) is 4.90 Å². The Balaban J connectivity index is 1.52. The van der Waals surface area contributed by atoms with Gasteiger partial charge < -0.3 is 15.7 Å². The molecule has 3 rings (SSSR count). The van der Waals surface area contributed by atoms with Crippen molar-refractivity contribution in [3.63, 3.8) is 0 Å². The van der Waals surface area contributed by atoms with Crippen LogP contribution in [0.2, 0.25) is 0 Å². The highest BCUT2D eigenvalue weighted by molar-refractivity contribution is 6.02. The van der Waals surface area contributed by atoms with Crippen molar-refractivity contribution in [3.8, 4) is 0 Å². The molecule has 0 saturated carbocycles. The van der Waals surface area contributed by atoms with Gasteiger partial charge in [-0.15, -0.1) is 0 Å². The molecule has 0 amide bonds. The smallest absolute Gasteiger partial charge is 0.317 e. The molecule has 0 bridgehead atoms. The molecule has 0 fully saturated rings. The number of nitrogens with one attached hydrogen (secondary N) is 1. The fourth-order valence-electron chi connectivity index (χ4n) is 3.12. The Morgan fingerprint density at radius 1 is 1.40 bits per heavy atom. The Bertz CT molecular complexity index is 724. The summed E-state index contributed by atoms with van der Waals surface area (Å²) >= 11 is 0. The molecule has 2 aliphatic heterocycles. The van der Waals surface area contributed by atoms with Crippen molar-refractivity contribution in [2.24, 2.45) is 10.9 Å². The lowest BCUT2D eigenvalue weighted by molar-refractivity contribution is -0.138. The number of oxime groups is 1. The Labute approximate surface area is 146 Å². The molecule has 1 aromatic carbocycles. The third-order valence-electron chi connectivity index (χ3n) is 4.50. The van der Waals surface area contributed by atoms with Crippen LogP contribution in [0.1, 0.15) is 30.4 Å². The van der Waals surface area contributed by atoms with Crippen LogP contribution in [0.15, 0.2) is 41.1 Å². The molecule has 0 radical (unpaired) electrons. The van der Waals surface area contributed by atoms with E-state index in [-0.39, 0.29) is 18.5 Å². The summed E-state index contributed by atoms with van der Waals surface area (Å²) in [4.78, 5) is 18.2. The molecule has 4 N–H and O–H groups in total. The Kier molecular flexibility index (Phi) is 5.14. The first-order chi connectivity index (χ1) is 12.0. The van der Waals surface area contributed by atoms with Crippen LogP contribution in [0.5, 0.6) is 0 Å². The number of nitrogens with two attached hydrogens (primary N) is 1. The van der Waals surface area contributed by atoms with E-state index in [9.17, 15) is 4.79 Å². The number of carbonyl (C=O) groups is 1. The van der Waals surface area contributed by atoms with Crippen molar-refractivity contribution >= 4 is 17.5 Å². The summed E-state index contributed by atoms with van der Waals surface area (Å²) in [5.74, 6) is -0.736. The first kappa shape index (κ1) is 17.2. The Morgan fingerprint density at radius 3 is 2.76 bits per heavy atom. The van der Waals surface area contributed by atoms with Gasteiger partial charge in [0.25, 0.3) is 0 Å². The van der Waals surface area contributed by atoms with Crippen molar-refractivity contribution < 1.29 is 14.7 Å². The highest BCUT2D eigenvalue weighted by atomic mass is 16.6. The van der Waals surface area contributed by atoms with Crippen LogP contribution >= 0.6 is 0 Å². The minimum atomic E-state index is -0.787. The fourth-order valence-corrected chi connectivity index (χ4v) is 3.12. The fraction of sp³-hybridized carbons (Fsp3) is 0.389. The largest absolute Gasteiger partial charge is 0.480 e. The van der Waals surface area contributed by atoms with Gasteiger partial charge in [0.05, 0.1) is 12.3 Å². The molecule has 0 aliphatic carbocycles. The van der Waals surface area contributed by atoms with E-state index in [0.29, 0.717) is 12.1 Å². The lowest BCUT2D eigenvalue weighted by atomic mass is 9.96. The van der Waals surface area contributed by atoms with Crippen LogP contribution < -0.4 is 5.73 Å². The molecule has 132 valence electrons. The highest BCUT2D eigenvalue weighted by Crippen LogP contribution is 2.25. The highest BCUT2D eigenvalue weighted by Gasteiger charge is 2.24. The van der Waals surface area contributed by atoms with E-state index >= 15 is 0 Å². The van der Waals surface area contributed by atoms with Gasteiger partial charge in [0.1, 0.15) is 11.9 Å². The van der Waals surface area contributed by atoms with E-state index in [1.807, 2.05) is 29.2 Å². The first-order valence-corrected chi connectivity index (χ1v) is 8.31. The summed E-state index contributed by atoms with van der Waals surface area (Å²) in [5, 5.41) is 20.5. The van der Waals surface area contributed by atoms with Gasteiger partial charge in [-0.3, -0.25) is 15.1 Å². The summed E-state index contributed by atoms with van der Waals surface area (Å²) in [6.07, 6.45) is 4.57. The number of hydrogen-bond acceptors (Lipinski definition) is 5. The normalized spacial score (nSPS) is 20.6. The molecule has 7 nitrogen and oxygen atoms in total. The average molecular weight is 342 g/mol. The molecule has 2 heterocycles. The molecule has 0 spiro atoms. The second kappa shape index (κ2) is 7.48. The second-order valence-corrected chi connectivity index (χ2v) is 6.41. The molecular weight excluding hydrogens is 320 g/mol. The van der Waals surface area contributed by atoms with Crippen LogP contribution in [0.25, 0.3) is 0 Å². The maximum Gasteiger partial charge on any atom is 0.317 e. The number of hydrogen-bond donors (Lipinski definition) is 3. The lowest BCUT2D eigenvalue weighted by Crippen LogP contribution is -2.34. The standard InChI is InChI=1S/C18H22N4O3/c19-18(20)14-3-1-13(2-4-14)16-10-15(25-21-16)9-12-5-7-22(8-6-12)11-17(23)24/h1-5,15H,6-11H2,(H3,19,20)(H,23,24). The SMILES string of the molecule is N=C(N)c1ccc(C2=NOC(CC3=CCN(CC(=O)O)CC3)C2)cc1. The first-order valence-electron chi connectivity index (χ1n) is 8.31. The van der Waals surface area contributed by atoms with Gasteiger partial charge in [0, 0.05) is 31.5 Å². The molecule has 0 aromatic heterocycles. The van der Waals surface area contributed by atoms with E-state index in [0.717, 1.165) is 37.1 Å². The summed E-state index contributed by atoms with van der Waals surface area (Å²) in [6.45, 7) is 1.53. The minimum absolute atomic E-state index is 0.0276. The molecule has 1 unspecified atom stereocenters. The minimum Gasteiger partial charge on any atom is -0.480 e. The molecule has 25 heavy (non-hydrogen) atoms. The van der Waals surface area contributed by atoms with Gasteiger partial charge in [0.2, 0.25) is 0 Å². The number of carboxylic acid groups (broad SMARTS) is 1. The number of rotatable bonds is 6. The van der Waals surface area contributed by atoms with Gasteiger partial charge in [-0.1, -0.05) is 41.1 Å². The van der Waals surface area contributed by atoms with Crippen molar-refractivity contribution in [2.75, 3.05) is 19.6 Å². The monoisotopic (exact) mass is 342 g/mol. The average Bonchev–Trinajstić information content (AvgIpc) is 3.05. The molecule has 1 atom stereocenters. The summed E-state index contributed by atoms with van der Waals surface area (Å²) in [5.41, 5.74) is 9.35. The molecular formula is C18H22N4O3. The molecule has 1 aromatic rings. The van der Waals surface area contributed by atoms with Gasteiger partial charge in [-0.2, -0.15) is 0 Å². The molecule has 7 heteroatoms. The zero-order valence-corrected chi connectivity index (χ0v) is 13.9. The van der Waals surface area contributed by atoms with Crippen LogP contribution in [0, 0.1) is 5.41 Å². The Hall–Kier alpha value is -2.67.